The van der Waals surface area contributed by atoms with E-state index in [0.717, 1.165) is 29.9 Å². The Hall–Kier alpha value is -2.55. The Morgan fingerprint density at radius 2 is 1.75 bits per heavy atom. The average molecular weight is 459 g/mol. The highest BCUT2D eigenvalue weighted by molar-refractivity contribution is 7.91. The van der Waals surface area contributed by atoms with Gasteiger partial charge in [0.1, 0.15) is 21.5 Å². The van der Waals surface area contributed by atoms with Gasteiger partial charge in [0, 0.05) is 31.5 Å². The summed E-state index contributed by atoms with van der Waals surface area (Å²) < 4.78 is 37.6. The summed E-state index contributed by atoms with van der Waals surface area (Å²) in [6.45, 7) is 1.61. The zero-order valence-electron chi connectivity index (χ0n) is 17.9. The van der Waals surface area contributed by atoms with Crippen LogP contribution in [-0.4, -0.2) is 60.3 Å². The van der Waals surface area contributed by atoms with Gasteiger partial charge in [0.05, 0.1) is 35.6 Å². The van der Waals surface area contributed by atoms with Gasteiger partial charge in [0.25, 0.3) is 0 Å². The number of carbonyl (C=O) groups is 1. The Bertz CT molecular complexity index is 1090. The van der Waals surface area contributed by atoms with E-state index in [2.05, 4.69) is 14.9 Å². The first kappa shape index (κ1) is 21.3. The fraction of sp³-hybridized carbons (Fsp3) is 0.522. The first-order chi connectivity index (χ1) is 15.4. The molecule has 0 spiro atoms. The molecule has 1 saturated carbocycles. The standard InChI is InChI=1S/C23H27FN4O3S/c24-19-3-1-2-18(12-19)21-15-27(20-13-25-22(26-14-20)16-4-5-16)8-9-28(21)23(29)17-6-10-32(30,31)11-7-17/h1-3,12-14,16-17,21H,4-11,15H2. The van der Waals surface area contributed by atoms with Gasteiger partial charge < -0.3 is 9.80 Å². The van der Waals surface area contributed by atoms with Gasteiger partial charge in [-0.3, -0.25) is 4.79 Å². The van der Waals surface area contributed by atoms with Crippen molar-refractivity contribution < 1.29 is 17.6 Å². The van der Waals surface area contributed by atoms with E-state index in [1.165, 1.54) is 12.1 Å². The Morgan fingerprint density at radius 3 is 2.41 bits per heavy atom. The minimum absolute atomic E-state index is 0.0332. The lowest BCUT2D eigenvalue weighted by Gasteiger charge is -2.44. The molecule has 0 bridgehead atoms. The van der Waals surface area contributed by atoms with Gasteiger partial charge in [0.15, 0.2) is 0 Å². The van der Waals surface area contributed by atoms with E-state index in [1.807, 2.05) is 23.4 Å². The van der Waals surface area contributed by atoms with Crippen molar-refractivity contribution in [3.8, 4) is 0 Å². The third-order valence-corrected chi connectivity index (χ3v) is 8.48. The van der Waals surface area contributed by atoms with Gasteiger partial charge in [-0.25, -0.2) is 22.8 Å². The van der Waals surface area contributed by atoms with Gasteiger partial charge in [0.2, 0.25) is 5.91 Å². The molecule has 2 aliphatic heterocycles. The molecule has 170 valence electrons. The normalized spacial score (nSPS) is 23.8. The van der Waals surface area contributed by atoms with Crippen molar-refractivity contribution in [2.24, 2.45) is 5.92 Å². The smallest absolute Gasteiger partial charge is 0.226 e. The van der Waals surface area contributed by atoms with Crippen LogP contribution in [-0.2, 0) is 14.6 Å². The van der Waals surface area contributed by atoms with Crippen LogP contribution in [0.3, 0.4) is 0 Å². The van der Waals surface area contributed by atoms with Crippen LogP contribution in [0.25, 0.3) is 0 Å². The Labute approximate surface area is 187 Å². The van der Waals surface area contributed by atoms with Crippen LogP contribution in [0.15, 0.2) is 36.7 Å². The SMILES string of the molecule is O=C(C1CCS(=O)(=O)CC1)N1CCN(c2cnc(C3CC3)nc2)CC1c1cccc(F)c1. The minimum Gasteiger partial charge on any atom is -0.365 e. The van der Waals surface area contributed by atoms with Crippen molar-refractivity contribution in [3.05, 3.63) is 53.9 Å². The van der Waals surface area contributed by atoms with Crippen molar-refractivity contribution in [2.75, 3.05) is 36.0 Å². The molecule has 0 N–H and O–H groups in total. The van der Waals surface area contributed by atoms with Crippen molar-refractivity contribution in [1.82, 2.24) is 14.9 Å². The molecule has 3 aliphatic rings. The largest absolute Gasteiger partial charge is 0.365 e. The molecule has 0 radical (unpaired) electrons. The second kappa shape index (κ2) is 8.42. The first-order valence-electron chi connectivity index (χ1n) is 11.2. The molecule has 1 atom stereocenters. The number of carbonyl (C=O) groups excluding carboxylic acids is 1. The lowest BCUT2D eigenvalue weighted by atomic mass is 9.96. The molecule has 7 nitrogen and oxygen atoms in total. The Kier molecular flexibility index (Phi) is 5.61. The van der Waals surface area contributed by atoms with Crippen molar-refractivity contribution in [3.63, 3.8) is 0 Å². The first-order valence-corrected chi connectivity index (χ1v) is 13.0. The molecule has 1 amide bonds. The highest BCUT2D eigenvalue weighted by Gasteiger charge is 2.37. The molecule has 1 aliphatic carbocycles. The zero-order valence-corrected chi connectivity index (χ0v) is 18.7. The van der Waals surface area contributed by atoms with Crippen molar-refractivity contribution in [2.45, 2.75) is 37.6 Å². The quantitative estimate of drug-likeness (QED) is 0.701. The van der Waals surface area contributed by atoms with E-state index < -0.39 is 9.84 Å². The van der Waals surface area contributed by atoms with E-state index >= 15 is 0 Å². The lowest BCUT2D eigenvalue weighted by molar-refractivity contribution is -0.138. The van der Waals surface area contributed by atoms with E-state index in [0.29, 0.717) is 38.4 Å². The van der Waals surface area contributed by atoms with Crippen LogP contribution in [0.4, 0.5) is 10.1 Å². The number of sulfone groups is 1. The van der Waals surface area contributed by atoms with Gasteiger partial charge in [-0.05, 0) is 43.4 Å². The number of nitrogens with zero attached hydrogens (tertiary/aromatic N) is 4. The molecule has 3 heterocycles. The molecule has 2 saturated heterocycles. The monoisotopic (exact) mass is 458 g/mol. The second-order valence-corrected chi connectivity index (χ2v) is 11.4. The van der Waals surface area contributed by atoms with Crippen LogP contribution < -0.4 is 4.90 Å². The van der Waals surface area contributed by atoms with Crippen LogP contribution in [0.5, 0.6) is 0 Å². The van der Waals surface area contributed by atoms with Gasteiger partial charge >= 0.3 is 0 Å². The molecular formula is C23H27FN4O3S. The third kappa shape index (κ3) is 4.48. The molecule has 32 heavy (non-hydrogen) atoms. The Morgan fingerprint density at radius 1 is 1.03 bits per heavy atom. The zero-order chi connectivity index (χ0) is 22.3. The molecule has 3 fully saturated rings. The van der Waals surface area contributed by atoms with E-state index in [4.69, 9.17) is 0 Å². The fourth-order valence-electron chi connectivity index (χ4n) is 4.70. The number of hydrogen-bond acceptors (Lipinski definition) is 6. The summed E-state index contributed by atoms with van der Waals surface area (Å²) in [7, 11) is -3.04. The van der Waals surface area contributed by atoms with Crippen LogP contribution >= 0.6 is 0 Å². The van der Waals surface area contributed by atoms with Crippen LogP contribution in [0, 0.1) is 11.7 Å². The van der Waals surface area contributed by atoms with E-state index in [1.54, 1.807) is 6.07 Å². The van der Waals surface area contributed by atoms with Gasteiger partial charge in [-0.2, -0.15) is 0 Å². The number of rotatable bonds is 4. The van der Waals surface area contributed by atoms with E-state index in [-0.39, 0.29) is 35.2 Å². The van der Waals surface area contributed by atoms with E-state index in [9.17, 15) is 17.6 Å². The number of piperazine rings is 1. The predicted octanol–water partition coefficient (Wildman–Crippen LogP) is 2.71. The molecule has 1 aromatic heterocycles. The maximum atomic E-state index is 14.0. The number of benzene rings is 1. The van der Waals surface area contributed by atoms with Crippen molar-refractivity contribution >= 4 is 21.4 Å². The summed E-state index contributed by atoms with van der Waals surface area (Å²) in [6.07, 6.45) is 6.68. The number of aromatic nitrogens is 2. The number of anilines is 1. The molecule has 5 rings (SSSR count). The number of hydrogen-bond donors (Lipinski definition) is 0. The maximum Gasteiger partial charge on any atom is 0.226 e. The average Bonchev–Trinajstić information content (AvgIpc) is 3.64. The fourth-order valence-corrected chi connectivity index (χ4v) is 6.19. The highest BCUT2D eigenvalue weighted by atomic mass is 32.2. The predicted molar refractivity (Wildman–Crippen MR) is 118 cm³/mol. The Balaban J connectivity index is 1.38. The summed E-state index contributed by atoms with van der Waals surface area (Å²) in [5.41, 5.74) is 1.63. The topological polar surface area (TPSA) is 83.5 Å². The summed E-state index contributed by atoms with van der Waals surface area (Å²) >= 11 is 0. The van der Waals surface area contributed by atoms with Gasteiger partial charge in [-0.1, -0.05) is 12.1 Å². The summed E-state index contributed by atoms with van der Waals surface area (Å²) in [5, 5.41) is 0. The molecule has 1 unspecified atom stereocenters. The molecule has 2 aromatic rings. The summed E-state index contributed by atoms with van der Waals surface area (Å²) in [6, 6.07) is 6.05. The third-order valence-electron chi connectivity index (χ3n) is 6.77. The molecule has 1 aromatic carbocycles. The second-order valence-electron chi connectivity index (χ2n) is 9.05. The maximum absolute atomic E-state index is 14.0. The van der Waals surface area contributed by atoms with Crippen LogP contribution in [0.2, 0.25) is 0 Å². The van der Waals surface area contributed by atoms with Crippen LogP contribution in [0.1, 0.15) is 49.0 Å². The summed E-state index contributed by atoms with van der Waals surface area (Å²) in [4.78, 5) is 26.4. The molecular weight excluding hydrogens is 431 g/mol. The van der Waals surface area contributed by atoms with Crippen molar-refractivity contribution in [1.29, 1.82) is 0 Å². The highest BCUT2D eigenvalue weighted by Crippen LogP contribution is 2.38. The van der Waals surface area contributed by atoms with Gasteiger partial charge in [-0.15, -0.1) is 0 Å². The minimum atomic E-state index is -3.04. The molecule has 9 heteroatoms. The summed E-state index contributed by atoms with van der Waals surface area (Å²) in [5.74, 6) is 0.802. The lowest BCUT2D eigenvalue weighted by Crippen LogP contribution is -2.53. The number of amides is 1. The number of halogens is 1.